The fraction of sp³-hybridized carbons (Fsp3) is 0.0345. The molecule has 2 heterocycles. The molecule has 288 valence electrons. The van der Waals surface area contributed by atoms with Gasteiger partial charge in [-0.1, -0.05) is 115 Å². The van der Waals surface area contributed by atoms with E-state index in [4.69, 9.17) is 0 Å². The summed E-state index contributed by atoms with van der Waals surface area (Å²) in [5.41, 5.74) is 15.5. The van der Waals surface area contributed by atoms with Gasteiger partial charge in [0.1, 0.15) is 0 Å². The monoisotopic (exact) mass is 779 g/mol. The van der Waals surface area contributed by atoms with E-state index in [1.807, 2.05) is 0 Å². The van der Waals surface area contributed by atoms with Crippen molar-refractivity contribution in [3.05, 3.63) is 223 Å². The van der Waals surface area contributed by atoms with Gasteiger partial charge in [0.05, 0.1) is 16.6 Å². The van der Waals surface area contributed by atoms with Crippen molar-refractivity contribution in [1.29, 1.82) is 0 Å². The molecule has 2 aromatic heterocycles. The minimum absolute atomic E-state index is 1.13. The molecule has 0 aliphatic rings. The summed E-state index contributed by atoms with van der Waals surface area (Å²) >= 11 is 0. The standard InChI is InChI=1S/C58H41N3/c1-38-16-12-14-24-54(38)59(46-20-8-4-9-21-46)48-28-26-41-32-50-52-34-45(40-18-6-3-7-19-40)35-53-51-33-42-27-29-49(60(47-22-10-5-11-23-47)55-25-15-13-17-39(55)2)31-44(42)37-57(51)61(58(52)53)56(50)36-43(41)30-48/h3-37H,1-2H3. The van der Waals surface area contributed by atoms with Gasteiger partial charge in [-0.05, 0) is 155 Å². The summed E-state index contributed by atoms with van der Waals surface area (Å²) < 4.78 is 2.54. The Hall–Kier alpha value is -7.88. The molecule has 3 heteroatoms. The van der Waals surface area contributed by atoms with Crippen molar-refractivity contribution in [2.75, 3.05) is 9.80 Å². The van der Waals surface area contributed by atoms with Crippen molar-refractivity contribution in [2.45, 2.75) is 13.8 Å². The van der Waals surface area contributed by atoms with E-state index in [-0.39, 0.29) is 0 Å². The highest BCUT2D eigenvalue weighted by atomic mass is 15.1. The van der Waals surface area contributed by atoms with Crippen molar-refractivity contribution < 1.29 is 0 Å². The average molecular weight is 780 g/mol. The van der Waals surface area contributed by atoms with Crippen LogP contribution in [0.15, 0.2) is 212 Å². The van der Waals surface area contributed by atoms with Crippen LogP contribution in [0.2, 0.25) is 0 Å². The summed E-state index contributed by atoms with van der Waals surface area (Å²) in [6.45, 7) is 4.38. The van der Waals surface area contributed by atoms with Crippen LogP contribution >= 0.6 is 0 Å². The van der Waals surface area contributed by atoms with Gasteiger partial charge in [0, 0.05) is 55.7 Å². The van der Waals surface area contributed by atoms with Gasteiger partial charge in [-0.2, -0.15) is 0 Å². The molecule has 0 atom stereocenters. The Morgan fingerprint density at radius 2 is 0.738 bits per heavy atom. The smallest absolute Gasteiger partial charge is 0.0620 e. The molecule has 0 amide bonds. The molecule has 0 fully saturated rings. The zero-order valence-electron chi connectivity index (χ0n) is 34.0. The van der Waals surface area contributed by atoms with E-state index in [2.05, 4.69) is 240 Å². The molecule has 0 saturated heterocycles. The Labute approximate surface area is 354 Å². The van der Waals surface area contributed by atoms with Crippen molar-refractivity contribution in [1.82, 2.24) is 4.40 Å². The average Bonchev–Trinajstić information content (AvgIpc) is 3.80. The quantitative estimate of drug-likeness (QED) is 0.160. The molecular weight excluding hydrogens is 739 g/mol. The van der Waals surface area contributed by atoms with Crippen molar-refractivity contribution in [3.8, 4) is 11.1 Å². The van der Waals surface area contributed by atoms with Gasteiger partial charge < -0.3 is 14.2 Å². The first-order valence-corrected chi connectivity index (χ1v) is 21.1. The summed E-state index contributed by atoms with van der Waals surface area (Å²) in [7, 11) is 0. The first-order valence-electron chi connectivity index (χ1n) is 21.1. The summed E-state index contributed by atoms with van der Waals surface area (Å²) in [5, 5.41) is 9.94. The first kappa shape index (κ1) is 35.1. The molecule has 0 saturated carbocycles. The molecule has 0 radical (unpaired) electrons. The van der Waals surface area contributed by atoms with Gasteiger partial charge in [-0.25, -0.2) is 0 Å². The zero-order valence-corrected chi connectivity index (χ0v) is 34.0. The van der Waals surface area contributed by atoms with Crippen molar-refractivity contribution in [2.24, 2.45) is 0 Å². The van der Waals surface area contributed by atoms with Crippen LogP contribution in [0.1, 0.15) is 11.1 Å². The summed E-state index contributed by atoms with van der Waals surface area (Å²) in [6.07, 6.45) is 0. The third-order valence-electron chi connectivity index (χ3n) is 12.6. The summed E-state index contributed by atoms with van der Waals surface area (Å²) in [6, 6.07) is 77.9. The summed E-state index contributed by atoms with van der Waals surface area (Å²) in [4.78, 5) is 4.76. The third kappa shape index (κ3) is 5.66. The van der Waals surface area contributed by atoms with E-state index < -0.39 is 0 Å². The molecule has 12 rings (SSSR count). The lowest BCUT2D eigenvalue weighted by Gasteiger charge is -2.27. The number of aromatic nitrogens is 1. The predicted molar refractivity (Wildman–Crippen MR) is 260 cm³/mol. The van der Waals surface area contributed by atoms with E-state index >= 15 is 0 Å². The van der Waals surface area contributed by atoms with Crippen molar-refractivity contribution in [3.63, 3.8) is 0 Å². The molecule has 61 heavy (non-hydrogen) atoms. The normalized spacial score (nSPS) is 11.8. The Kier molecular flexibility index (Phi) is 7.98. The van der Waals surface area contributed by atoms with E-state index in [0.717, 1.165) is 22.7 Å². The molecule has 0 spiro atoms. The van der Waals surface area contributed by atoms with Crippen LogP contribution < -0.4 is 9.80 Å². The Bertz CT molecular complexity index is 3390. The molecule has 3 nitrogen and oxygen atoms in total. The summed E-state index contributed by atoms with van der Waals surface area (Å²) in [5.74, 6) is 0. The molecule has 0 unspecified atom stereocenters. The molecule has 0 bridgehead atoms. The minimum Gasteiger partial charge on any atom is -0.310 e. The number of fused-ring (bicyclic) bond motifs is 8. The molecule has 0 N–H and O–H groups in total. The van der Waals surface area contributed by atoms with Gasteiger partial charge >= 0.3 is 0 Å². The first-order chi connectivity index (χ1) is 30.1. The highest BCUT2D eigenvalue weighted by Crippen LogP contribution is 2.46. The predicted octanol–water partition coefficient (Wildman–Crippen LogP) is 16.4. The third-order valence-corrected chi connectivity index (χ3v) is 12.6. The second-order valence-electron chi connectivity index (χ2n) is 16.3. The van der Waals surface area contributed by atoms with Crippen LogP contribution in [0.3, 0.4) is 0 Å². The Morgan fingerprint density at radius 1 is 0.311 bits per heavy atom. The number of aryl methyl sites for hydroxylation is 2. The highest BCUT2D eigenvalue weighted by Gasteiger charge is 2.22. The number of benzene rings is 10. The van der Waals surface area contributed by atoms with Gasteiger partial charge in [-0.15, -0.1) is 0 Å². The fourth-order valence-electron chi connectivity index (χ4n) is 9.72. The van der Waals surface area contributed by atoms with Crippen LogP contribution in [0, 0.1) is 13.8 Å². The van der Waals surface area contributed by atoms with Crippen LogP contribution in [0.5, 0.6) is 0 Å². The van der Waals surface area contributed by atoms with Crippen LogP contribution in [0.4, 0.5) is 34.1 Å². The fourth-order valence-corrected chi connectivity index (χ4v) is 9.72. The molecule has 12 aromatic rings. The molecular formula is C58H41N3. The lowest BCUT2D eigenvalue weighted by Crippen LogP contribution is -2.11. The zero-order chi connectivity index (χ0) is 40.6. The number of rotatable bonds is 7. The Morgan fingerprint density at radius 3 is 1.20 bits per heavy atom. The maximum atomic E-state index is 2.54. The minimum atomic E-state index is 1.13. The molecule has 0 aliphatic carbocycles. The topological polar surface area (TPSA) is 10.9 Å². The maximum Gasteiger partial charge on any atom is 0.0620 e. The van der Waals surface area contributed by atoms with E-state index in [1.165, 1.54) is 93.3 Å². The van der Waals surface area contributed by atoms with Gasteiger partial charge in [-0.3, -0.25) is 0 Å². The number of nitrogens with zero attached hydrogens (tertiary/aromatic N) is 3. The molecule has 0 aliphatic heterocycles. The number of para-hydroxylation sites is 4. The van der Waals surface area contributed by atoms with Crippen molar-refractivity contribution >= 4 is 93.8 Å². The van der Waals surface area contributed by atoms with E-state index in [0.29, 0.717) is 0 Å². The van der Waals surface area contributed by atoms with E-state index in [9.17, 15) is 0 Å². The Balaban J connectivity index is 1.12. The number of hydrogen-bond acceptors (Lipinski definition) is 2. The van der Waals surface area contributed by atoms with Crippen LogP contribution in [-0.2, 0) is 0 Å². The van der Waals surface area contributed by atoms with Crippen LogP contribution in [-0.4, -0.2) is 4.40 Å². The number of hydrogen-bond donors (Lipinski definition) is 0. The molecule has 10 aromatic carbocycles. The lowest BCUT2D eigenvalue weighted by atomic mass is 9.97. The number of anilines is 6. The lowest BCUT2D eigenvalue weighted by molar-refractivity contribution is 1.25. The van der Waals surface area contributed by atoms with Crippen LogP contribution in [0.25, 0.3) is 70.8 Å². The highest BCUT2D eigenvalue weighted by molar-refractivity contribution is 6.27. The second kappa shape index (κ2) is 13.9. The van der Waals surface area contributed by atoms with E-state index in [1.54, 1.807) is 0 Å². The maximum absolute atomic E-state index is 2.54. The van der Waals surface area contributed by atoms with Gasteiger partial charge in [0.2, 0.25) is 0 Å². The largest absolute Gasteiger partial charge is 0.310 e. The van der Waals surface area contributed by atoms with Gasteiger partial charge in [0.15, 0.2) is 0 Å². The van der Waals surface area contributed by atoms with Gasteiger partial charge in [0.25, 0.3) is 0 Å². The SMILES string of the molecule is Cc1ccccc1N(c1ccccc1)c1ccc2cc3c4cc(-c5ccccc5)cc5c6cc7ccc(N(c8ccccc8)c8ccccc8C)cc7cc6n(c3cc2c1)c45. The second-order valence-corrected chi connectivity index (χ2v) is 16.3.